The Morgan fingerprint density at radius 2 is 2.27 bits per heavy atom. The van der Waals surface area contributed by atoms with E-state index in [-0.39, 0.29) is 12.2 Å². The number of methoxy groups -OCH3 is 1. The average Bonchev–Trinajstić information content (AvgIpc) is 2.20. The van der Waals surface area contributed by atoms with E-state index >= 15 is 0 Å². The number of aliphatic carboxylic acids is 1. The second-order valence-electron chi connectivity index (χ2n) is 2.73. The molecule has 0 spiro atoms. The third kappa shape index (κ3) is 2.92. The lowest BCUT2D eigenvalue weighted by molar-refractivity contribution is -0.135. The van der Waals surface area contributed by atoms with E-state index in [9.17, 15) is 9.90 Å². The molecule has 0 amide bonds. The fraction of sp³-hybridized carbons (Fsp3) is 0.182. The van der Waals surface area contributed by atoms with Gasteiger partial charge in [-0.2, -0.15) is 0 Å². The van der Waals surface area contributed by atoms with Crippen LogP contribution in [0.1, 0.15) is 12.0 Å². The first-order chi connectivity index (χ1) is 7.15. The molecule has 15 heavy (non-hydrogen) atoms. The monoisotopic (exact) mass is 206 g/mol. The minimum absolute atomic E-state index is 0.0714. The molecule has 1 rings (SSSR count). The molecule has 0 atom stereocenters. The van der Waals surface area contributed by atoms with Crippen molar-refractivity contribution in [1.29, 1.82) is 0 Å². The SMILES string of the molecule is COc1cccc(C#CCC(=O)O)c1O. The van der Waals surface area contributed by atoms with Crippen molar-refractivity contribution in [2.75, 3.05) is 7.11 Å². The summed E-state index contributed by atoms with van der Waals surface area (Å²) in [6, 6.07) is 4.85. The molecule has 1 aromatic rings. The summed E-state index contributed by atoms with van der Waals surface area (Å²) >= 11 is 0. The molecule has 0 saturated heterocycles. The lowest BCUT2D eigenvalue weighted by Gasteiger charge is -2.03. The number of hydrogen-bond acceptors (Lipinski definition) is 3. The number of phenols is 1. The fourth-order valence-electron chi connectivity index (χ4n) is 1.00. The van der Waals surface area contributed by atoms with Gasteiger partial charge in [0.2, 0.25) is 0 Å². The van der Waals surface area contributed by atoms with Crippen LogP contribution in [0.4, 0.5) is 0 Å². The van der Waals surface area contributed by atoms with Crippen molar-refractivity contribution in [1.82, 2.24) is 0 Å². The van der Waals surface area contributed by atoms with E-state index in [1.54, 1.807) is 18.2 Å². The molecule has 0 unspecified atom stereocenters. The number of aromatic hydroxyl groups is 1. The molecule has 1 aromatic carbocycles. The molecule has 0 radical (unpaired) electrons. The van der Waals surface area contributed by atoms with Crippen molar-refractivity contribution in [2.24, 2.45) is 0 Å². The van der Waals surface area contributed by atoms with Gasteiger partial charge in [0.25, 0.3) is 0 Å². The van der Waals surface area contributed by atoms with Crippen LogP contribution in [-0.4, -0.2) is 23.3 Å². The number of hydrogen-bond donors (Lipinski definition) is 2. The minimum atomic E-state index is -0.995. The third-order valence-electron chi connectivity index (χ3n) is 1.68. The van der Waals surface area contributed by atoms with Crippen LogP contribution in [0, 0.1) is 11.8 Å². The molecule has 78 valence electrons. The normalized spacial score (nSPS) is 8.87. The summed E-state index contributed by atoms with van der Waals surface area (Å²) in [5, 5.41) is 18.0. The first kappa shape index (κ1) is 10.9. The molecule has 0 aliphatic rings. The zero-order valence-electron chi connectivity index (χ0n) is 8.15. The largest absolute Gasteiger partial charge is 0.503 e. The lowest BCUT2D eigenvalue weighted by atomic mass is 10.2. The summed E-state index contributed by atoms with van der Waals surface area (Å²) in [6.07, 6.45) is -0.253. The molecule has 0 aliphatic heterocycles. The van der Waals surface area contributed by atoms with E-state index in [0.29, 0.717) is 11.3 Å². The summed E-state index contributed by atoms with van der Waals surface area (Å²) in [5.74, 6) is 4.24. The van der Waals surface area contributed by atoms with Crippen LogP contribution in [0.5, 0.6) is 11.5 Å². The molecule has 4 nitrogen and oxygen atoms in total. The maximum absolute atomic E-state index is 10.2. The first-order valence-corrected chi connectivity index (χ1v) is 4.21. The topological polar surface area (TPSA) is 66.8 Å². The second-order valence-corrected chi connectivity index (χ2v) is 2.73. The molecule has 0 fully saturated rings. The number of benzene rings is 1. The van der Waals surface area contributed by atoms with Crippen LogP contribution in [0.15, 0.2) is 18.2 Å². The predicted molar refractivity (Wildman–Crippen MR) is 53.8 cm³/mol. The molecule has 0 aliphatic carbocycles. The number of ether oxygens (including phenoxy) is 1. The Balaban J connectivity index is 2.93. The first-order valence-electron chi connectivity index (χ1n) is 4.21. The number of carboxylic acids is 1. The highest BCUT2D eigenvalue weighted by atomic mass is 16.5. The van der Waals surface area contributed by atoms with Gasteiger partial charge in [-0.05, 0) is 12.1 Å². The molecular weight excluding hydrogens is 196 g/mol. The van der Waals surface area contributed by atoms with Crippen LogP contribution in [0.2, 0.25) is 0 Å². The van der Waals surface area contributed by atoms with Gasteiger partial charge in [0.05, 0.1) is 12.7 Å². The maximum Gasteiger partial charge on any atom is 0.315 e. The van der Waals surface area contributed by atoms with Gasteiger partial charge in [0.15, 0.2) is 11.5 Å². The number of phenolic OH excluding ortho intramolecular Hbond substituents is 1. The summed E-state index contributed by atoms with van der Waals surface area (Å²) in [4.78, 5) is 10.2. The van der Waals surface area contributed by atoms with E-state index in [2.05, 4.69) is 11.8 Å². The Labute approximate surface area is 87.1 Å². The van der Waals surface area contributed by atoms with Crippen LogP contribution < -0.4 is 4.74 Å². The van der Waals surface area contributed by atoms with Gasteiger partial charge in [0.1, 0.15) is 6.42 Å². The number of carboxylic acid groups (broad SMARTS) is 1. The Bertz CT molecular complexity index is 426. The van der Waals surface area contributed by atoms with Crippen LogP contribution in [-0.2, 0) is 4.79 Å². The van der Waals surface area contributed by atoms with E-state index in [1.807, 2.05) is 0 Å². The van der Waals surface area contributed by atoms with Crippen LogP contribution in [0.3, 0.4) is 0 Å². The van der Waals surface area contributed by atoms with Crippen molar-refractivity contribution in [3.63, 3.8) is 0 Å². The van der Waals surface area contributed by atoms with Gasteiger partial charge in [-0.25, -0.2) is 0 Å². The average molecular weight is 206 g/mol. The minimum Gasteiger partial charge on any atom is -0.503 e. The number of carbonyl (C=O) groups is 1. The zero-order chi connectivity index (χ0) is 11.3. The Morgan fingerprint density at radius 1 is 1.53 bits per heavy atom. The van der Waals surface area contributed by atoms with E-state index in [4.69, 9.17) is 9.84 Å². The van der Waals surface area contributed by atoms with E-state index in [1.165, 1.54) is 7.11 Å². The predicted octanol–water partition coefficient (Wildman–Crippen LogP) is 1.23. The van der Waals surface area contributed by atoms with Crippen molar-refractivity contribution in [3.8, 4) is 23.3 Å². The van der Waals surface area contributed by atoms with Crippen LogP contribution in [0.25, 0.3) is 0 Å². The van der Waals surface area contributed by atoms with Gasteiger partial charge >= 0.3 is 5.97 Å². The van der Waals surface area contributed by atoms with E-state index < -0.39 is 5.97 Å². The van der Waals surface area contributed by atoms with Crippen molar-refractivity contribution < 1.29 is 19.7 Å². The maximum atomic E-state index is 10.2. The van der Waals surface area contributed by atoms with Crippen molar-refractivity contribution >= 4 is 5.97 Å². The van der Waals surface area contributed by atoms with E-state index in [0.717, 1.165) is 0 Å². The van der Waals surface area contributed by atoms with Gasteiger partial charge in [-0.3, -0.25) is 4.79 Å². The smallest absolute Gasteiger partial charge is 0.315 e. The van der Waals surface area contributed by atoms with Gasteiger partial charge in [-0.1, -0.05) is 17.9 Å². The van der Waals surface area contributed by atoms with Crippen molar-refractivity contribution in [3.05, 3.63) is 23.8 Å². The highest BCUT2D eigenvalue weighted by Crippen LogP contribution is 2.28. The molecule has 0 aromatic heterocycles. The summed E-state index contributed by atoms with van der Waals surface area (Å²) in [7, 11) is 1.43. The third-order valence-corrected chi connectivity index (χ3v) is 1.68. The fourth-order valence-corrected chi connectivity index (χ4v) is 1.00. The standard InChI is InChI=1S/C11H10O4/c1-15-9-6-2-4-8(11(9)14)5-3-7-10(12)13/h2,4,6,14H,7H2,1H3,(H,12,13). The number of rotatable bonds is 2. The molecule has 4 heteroatoms. The van der Waals surface area contributed by atoms with Gasteiger partial charge in [0, 0.05) is 0 Å². The second kappa shape index (κ2) is 4.91. The Morgan fingerprint density at radius 3 is 2.87 bits per heavy atom. The van der Waals surface area contributed by atoms with Crippen LogP contribution >= 0.6 is 0 Å². The molecule has 2 N–H and O–H groups in total. The molecule has 0 bridgehead atoms. The van der Waals surface area contributed by atoms with Gasteiger partial charge in [-0.15, -0.1) is 0 Å². The highest BCUT2D eigenvalue weighted by Gasteiger charge is 2.04. The molecule has 0 saturated carbocycles. The van der Waals surface area contributed by atoms with Gasteiger partial charge < -0.3 is 14.9 Å². The van der Waals surface area contributed by atoms with Crippen molar-refractivity contribution in [2.45, 2.75) is 6.42 Å². The quantitative estimate of drug-likeness (QED) is 0.714. The Hall–Kier alpha value is -2.15. The summed E-state index contributed by atoms with van der Waals surface area (Å²) < 4.78 is 4.88. The summed E-state index contributed by atoms with van der Waals surface area (Å²) in [5.41, 5.74) is 0.357. The molecular formula is C11H10O4. The lowest BCUT2D eigenvalue weighted by Crippen LogP contribution is -1.90. The number of para-hydroxylation sites is 1. The highest BCUT2D eigenvalue weighted by molar-refractivity contribution is 5.70. The summed E-state index contributed by atoms with van der Waals surface area (Å²) in [6.45, 7) is 0. The Kier molecular flexibility index (Phi) is 3.58. The zero-order valence-corrected chi connectivity index (χ0v) is 8.15. The molecule has 0 heterocycles.